The van der Waals surface area contributed by atoms with E-state index in [-0.39, 0.29) is 18.2 Å². The zero-order valence-corrected chi connectivity index (χ0v) is 7.20. The van der Waals surface area contributed by atoms with Crippen LogP contribution >= 0.6 is 0 Å². The molecular formula is C8H9N3O2. The van der Waals surface area contributed by atoms with Gasteiger partial charge in [-0.1, -0.05) is 6.92 Å². The van der Waals surface area contributed by atoms with E-state index in [1.54, 1.807) is 6.20 Å². The summed E-state index contributed by atoms with van der Waals surface area (Å²) < 4.78 is 1.25. The van der Waals surface area contributed by atoms with Crippen LogP contribution in [-0.4, -0.2) is 21.6 Å². The molecule has 2 heterocycles. The van der Waals surface area contributed by atoms with Crippen molar-refractivity contribution in [3.63, 3.8) is 0 Å². The summed E-state index contributed by atoms with van der Waals surface area (Å²) in [6.45, 7) is 1.95. The summed E-state index contributed by atoms with van der Waals surface area (Å²) in [7, 11) is 0. The van der Waals surface area contributed by atoms with Crippen LogP contribution < -0.4 is 5.32 Å². The molecule has 0 aromatic carbocycles. The summed E-state index contributed by atoms with van der Waals surface area (Å²) in [5, 5.41) is 6.53. The topological polar surface area (TPSA) is 64.0 Å². The van der Waals surface area contributed by atoms with Crippen LogP contribution in [0, 0.1) is 0 Å². The number of anilines is 1. The van der Waals surface area contributed by atoms with Crippen LogP contribution in [0.1, 0.15) is 23.7 Å². The van der Waals surface area contributed by atoms with Gasteiger partial charge in [0.05, 0.1) is 6.20 Å². The van der Waals surface area contributed by atoms with Gasteiger partial charge in [-0.25, -0.2) is 0 Å². The van der Waals surface area contributed by atoms with Crippen molar-refractivity contribution in [1.82, 2.24) is 9.78 Å². The molecule has 0 unspecified atom stereocenters. The molecule has 0 spiro atoms. The molecule has 1 aliphatic heterocycles. The van der Waals surface area contributed by atoms with Gasteiger partial charge in [-0.15, -0.1) is 0 Å². The minimum absolute atomic E-state index is 0.113. The Kier molecular flexibility index (Phi) is 1.65. The quantitative estimate of drug-likeness (QED) is 0.506. The van der Waals surface area contributed by atoms with Gasteiger partial charge >= 0.3 is 0 Å². The molecule has 0 fully saturated rings. The van der Waals surface area contributed by atoms with Gasteiger partial charge in [-0.05, 0) is 6.42 Å². The molecule has 0 saturated carbocycles. The largest absolute Gasteiger partial charge is 0.310 e. The zero-order chi connectivity index (χ0) is 9.42. The van der Waals surface area contributed by atoms with Crippen molar-refractivity contribution >= 4 is 17.6 Å². The highest BCUT2D eigenvalue weighted by atomic mass is 16.2. The Bertz CT molecular complexity index is 381. The van der Waals surface area contributed by atoms with Crippen molar-refractivity contribution in [1.29, 1.82) is 0 Å². The molecule has 0 atom stereocenters. The van der Waals surface area contributed by atoms with E-state index in [1.807, 2.05) is 6.92 Å². The summed E-state index contributed by atoms with van der Waals surface area (Å²) in [5.74, 6) is 0.00917. The van der Waals surface area contributed by atoms with Crippen LogP contribution in [0.5, 0.6) is 0 Å². The molecule has 5 heteroatoms. The van der Waals surface area contributed by atoms with Gasteiger partial charge < -0.3 is 5.32 Å². The highest BCUT2D eigenvalue weighted by molar-refractivity contribution is 6.09. The molecule has 1 aliphatic rings. The van der Waals surface area contributed by atoms with E-state index in [2.05, 4.69) is 10.4 Å². The Morgan fingerprint density at radius 3 is 3.08 bits per heavy atom. The highest BCUT2D eigenvalue weighted by Crippen LogP contribution is 2.19. The Hall–Kier alpha value is -1.65. The van der Waals surface area contributed by atoms with Gasteiger partial charge in [0.2, 0.25) is 5.91 Å². The normalized spacial score (nSPS) is 15.5. The molecule has 2 rings (SSSR count). The lowest BCUT2D eigenvalue weighted by Gasteiger charge is -2.13. The first-order valence-electron chi connectivity index (χ1n) is 4.12. The summed E-state index contributed by atoms with van der Waals surface area (Å²) in [6.07, 6.45) is 2.25. The van der Waals surface area contributed by atoms with Crippen molar-refractivity contribution in [2.24, 2.45) is 0 Å². The summed E-state index contributed by atoms with van der Waals surface area (Å²) >= 11 is 0. The van der Waals surface area contributed by atoms with Gasteiger partial charge in [0.25, 0.3) is 5.91 Å². The van der Waals surface area contributed by atoms with Crippen LogP contribution in [0.25, 0.3) is 0 Å². The summed E-state index contributed by atoms with van der Waals surface area (Å²) in [4.78, 5) is 22.3. The van der Waals surface area contributed by atoms with Crippen molar-refractivity contribution in [2.45, 2.75) is 19.8 Å². The minimum atomic E-state index is -0.265. The van der Waals surface area contributed by atoms with Gasteiger partial charge in [-0.3, -0.25) is 9.59 Å². The van der Waals surface area contributed by atoms with E-state index in [9.17, 15) is 9.59 Å². The molecule has 1 amide bonds. The first kappa shape index (κ1) is 7.97. The highest BCUT2D eigenvalue weighted by Gasteiger charge is 2.24. The second-order valence-electron chi connectivity index (χ2n) is 2.90. The molecule has 1 aromatic rings. The molecular weight excluding hydrogens is 173 g/mol. The lowest BCUT2D eigenvalue weighted by atomic mass is 10.2. The third-order valence-corrected chi connectivity index (χ3v) is 2.03. The first-order chi connectivity index (χ1) is 6.22. The number of aryl methyl sites for hydroxylation is 1. The predicted molar refractivity (Wildman–Crippen MR) is 45.5 cm³/mol. The van der Waals surface area contributed by atoms with E-state index < -0.39 is 0 Å². The lowest BCUT2D eigenvalue weighted by molar-refractivity contribution is -0.115. The van der Waals surface area contributed by atoms with E-state index in [4.69, 9.17) is 0 Å². The number of carbonyl (C=O) groups excluding carboxylic acids is 2. The number of nitrogens with one attached hydrogen (secondary N) is 1. The summed E-state index contributed by atoms with van der Waals surface area (Å²) in [6, 6.07) is 0. The number of nitrogens with zero attached hydrogens (tertiary/aromatic N) is 2. The fraction of sp³-hybridized carbons (Fsp3) is 0.375. The number of aromatic nitrogens is 2. The minimum Gasteiger partial charge on any atom is -0.310 e. The maximum atomic E-state index is 11.3. The Morgan fingerprint density at radius 1 is 1.62 bits per heavy atom. The predicted octanol–water partition coefficient (Wildman–Crippen LogP) is 0.428. The molecule has 1 aromatic heterocycles. The third-order valence-electron chi connectivity index (χ3n) is 2.03. The zero-order valence-electron chi connectivity index (χ0n) is 7.20. The number of carbonyl (C=O) groups is 2. The molecule has 1 N–H and O–H groups in total. The van der Waals surface area contributed by atoms with Crippen molar-refractivity contribution in [2.75, 3.05) is 5.32 Å². The number of hydrogen-bond acceptors (Lipinski definition) is 3. The number of hydrogen-bond donors (Lipinski definition) is 1. The molecule has 0 bridgehead atoms. The monoisotopic (exact) mass is 182 g/mol. The number of rotatable bonds is 1. The Morgan fingerprint density at radius 2 is 2.38 bits per heavy atom. The first-order valence-corrected chi connectivity index (χ1v) is 4.12. The van der Waals surface area contributed by atoms with E-state index in [0.29, 0.717) is 5.82 Å². The molecule has 0 saturated heterocycles. The molecule has 5 nitrogen and oxygen atoms in total. The van der Waals surface area contributed by atoms with E-state index in [1.165, 1.54) is 4.68 Å². The fourth-order valence-corrected chi connectivity index (χ4v) is 1.35. The molecule has 68 valence electrons. The smallest absolute Gasteiger partial charge is 0.258 e. The van der Waals surface area contributed by atoms with Crippen molar-refractivity contribution in [3.05, 3.63) is 11.8 Å². The van der Waals surface area contributed by atoms with Crippen molar-refractivity contribution in [3.8, 4) is 0 Å². The Labute approximate surface area is 74.7 Å². The second kappa shape index (κ2) is 2.69. The number of fused-ring (bicyclic) bond motifs is 1. The van der Waals surface area contributed by atoms with Crippen molar-refractivity contribution < 1.29 is 9.59 Å². The van der Waals surface area contributed by atoms with Crippen LogP contribution in [0.4, 0.5) is 5.82 Å². The lowest BCUT2D eigenvalue weighted by Crippen LogP contribution is -2.30. The maximum Gasteiger partial charge on any atom is 0.258 e. The van der Waals surface area contributed by atoms with E-state index in [0.717, 1.165) is 12.0 Å². The van der Waals surface area contributed by atoms with Crippen LogP contribution in [0.15, 0.2) is 6.20 Å². The average Bonchev–Trinajstić information content (AvgIpc) is 2.47. The fourth-order valence-electron chi connectivity index (χ4n) is 1.35. The van der Waals surface area contributed by atoms with Gasteiger partial charge in [0, 0.05) is 5.56 Å². The third kappa shape index (κ3) is 1.12. The molecule has 0 radical (unpaired) electrons. The van der Waals surface area contributed by atoms with Crippen LogP contribution in [0.2, 0.25) is 0 Å². The maximum absolute atomic E-state index is 11.3. The summed E-state index contributed by atoms with van der Waals surface area (Å²) in [5.41, 5.74) is 0.890. The second-order valence-corrected chi connectivity index (χ2v) is 2.90. The van der Waals surface area contributed by atoms with Gasteiger partial charge in [0.1, 0.15) is 12.2 Å². The Balaban J connectivity index is 2.51. The van der Waals surface area contributed by atoms with Crippen LogP contribution in [-0.2, 0) is 11.2 Å². The van der Waals surface area contributed by atoms with Gasteiger partial charge in [0.15, 0.2) is 0 Å². The van der Waals surface area contributed by atoms with E-state index >= 15 is 0 Å². The molecule has 0 aliphatic carbocycles. The SMILES string of the molecule is CCc1cnn2c1N[13C](=O)[13CH2][13C]2=O. The average molecular weight is 182 g/mol. The number of amides is 1. The molecule has 13 heavy (non-hydrogen) atoms. The van der Waals surface area contributed by atoms with Gasteiger partial charge in [-0.2, -0.15) is 9.78 Å². The van der Waals surface area contributed by atoms with Crippen LogP contribution in [0.3, 0.4) is 0 Å². The standard InChI is InChI=1S/C8H9N3O2/c1-2-5-4-9-11-7(13)3-6(12)10-8(5)11/h4H,2-3H2,1H3,(H,10,12)/i3+1,6+1,7+1.